The van der Waals surface area contributed by atoms with E-state index in [1.807, 2.05) is 0 Å². The summed E-state index contributed by atoms with van der Waals surface area (Å²) >= 11 is 1.30. The van der Waals surface area contributed by atoms with Crippen molar-refractivity contribution in [3.63, 3.8) is 0 Å². The van der Waals surface area contributed by atoms with E-state index in [2.05, 4.69) is 16.2 Å². The molecule has 0 fully saturated rings. The molecule has 3 nitrogen and oxygen atoms in total. The molecule has 0 radical (unpaired) electrons. The van der Waals surface area contributed by atoms with Gasteiger partial charge in [-0.1, -0.05) is 0 Å². The van der Waals surface area contributed by atoms with Crippen LogP contribution >= 0.6 is 11.5 Å². The van der Waals surface area contributed by atoms with Crippen LogP contribution in [0.1, 0.15) is 26.5 Å². The molecule has 1 heterocycles. The third kappa shape index (κ3) is 4.06. The number of rotatable bonds is 0. The topological polar surface area (TPSA) is 39.2 Å². The summed E-state index contributed by atoms with van der Waals surface area (Å²) in [6.45, 7) is 5.40. The van der Waals surface area contributed by atoms with Crippen LogP contribution in [0, 0.1) is 11.8 Å². The van der Waals surface area contributed by atoms with Gasteiger partial charge < -0.3 is 4.74 Å². The first-order valence-electron chi connectivity index (χ1n) is 4.13. The second-order valence-corrected chi connectivity index (χ2v) is 4.30. The van der Waals surface area contributed by atoms with E-state index in [0.29, 0.717) is 5.69 Å². The van der Waals surface area contributed by atoms with Crippen LogP contribution in [-0.2, 0) is 9.53 Å². The van der Waals surface area contributed by atoms with Crippen molar-refractivity contribution in [1.29, 1.82) is 0 Å². The maximum atomic E-state index is 11.1. The third-order valence-corrected chi connectivity index (χ3v) is 1.69. The zero-order chi connectivity index (χ0) is 10.6. The predicted molar refractivity (Wildman–Crippen MR) is 54.8 cm³/mol. The highest BCUT2D eigenvalue weighted by Crippen LogP contribution is 2.06. The van der Waals surface area contributed by atoms with Crippen molar-refractivity contribution in [2.24, 2.45) is 0 Å². The molecule has 14 heavy (non-hydrogen) atoms. The number of hydrogen-bond acceptors (Lipinski definition) is 4. The van der Waals surface area contributed by atoms with Crippen LogP contribution in [0.3, 0.4) is 0 Å². The Morgan fingerprint density at radius 1 is 1.57 bits per heavy atom. The molecule has 0 saturated heterocycles. The zero-order valence-electron chi connectivity index (χ0n) is 8.33. The minimum absolute atomic E-state index is 0.492. The number of carbonyl (C=O) groups excluding carboxylic acids is 1. The Hall–Kier alpha value is -1.34. The number of ether oxygens (including phenoxy) is 1. The summed E-state index contributed by atoms with van der Waals surface area (Å²) in [5.74, 6) is 4.47. The Morgan fingerprint density at radius 2 is 2.29 bits per heavy atom. The van der Waals surface area contributed by atoms with E-state index in [9.17, 15) is 4.79 Å². The lowest BCUT2D eigenvalue weighted by atomic mass is 10.2. The Kier molecular flexibility index (Phi) is 3.26. The van der Waals surface area contributed by atoms with Gasteiger partial charge in [0, 0.05) is 11.3 Å². The quantitative estimate of drug-likeness (QED) is 0.483. The lowest BCUT2D eigenvalue weighted by Gasteiger charge is -2.16. The van der Waals surface area contributed by atoms with Gasteiger partial charge in [-0.15, -0.1) is 0 Å². The molecule has 0 N–H and O–H groups in total. The first kappa shape index (κ1) is 10.7. The molecule has 74 valence electrons. The van der Waals surface area contributed by atoms with Crippen LogP contribution < -0.4 is 0 Å². The van der Waals surface area contributed by atoms with Crippen LogP contribution in [0.25, 0.3) is 0 Å². The van der Waals surface area contributed by atoms with Crippen molar-refractivity contribution >= 4 is 17.5 Å². The summed E-state index contributed by atoms with van der Waals surface area (Å²) in [6.07, 6.45) is 0. The normalized spacial score (nSPS) is 10.2. The molecule has 1 rings (SSSR count). The van der Waals surface area contributed by atoms with Crippen LogP contribution in [0.4, 0.5) is 0 Å². The minimum Gasteiger partial charge on any atom is -0.450 e. The molecular formula is C10H11NO2S. The van der Waals surface area contributed by atoms with Crippen molar-refractivity contribution in [1.82, 2.24) is 4.37 Å². The van der Waals surface area contributed by atoms with Gasteiger partial charge in [0.1, 0.15) is 11.3 Å². The molecule has 0 amide bonds. The van der Waals surface area contributed by atoms with E-state index < -0.39 is 11.6 Å². The van der Waals surface area contributed by atoms with Gasteiger partial charge in [0.15, 0.2) is 0 Å². The van der Waals surface area contributed by atoms with E-state index >= 15 is 0 Å². The number of aromatic nitrogens is 1. The van der Waals surface area contributed by atoms with E-state index in [4.69, 9.17) is 4.74 Å². The molecule has 0 aliphatic carbocycles. The first-order valence-corrected chi connectivity index (χ1v) is 4.96. The molecule has 0 bridgehead atoms. The fourth-order valence-electron chi connectivity index (χ4n) is 0.696. The van der Waals surface area contributed by atoms with Gasteiger partial charge in [0.2, 0.25) is 0 Å². The summed E-state index contributed by atoms with van der Waals surface area (Å²) < 4.78 is 8.94. The summed E-state index contributed by atoms with van der Waals surface area (Å²) in [5, 5.41) is 1.80. The van der Waals surface area contributed by atoms with Crippen molar-refractivity contribution in [3.8, 4) is 11.8 Å². The number of hydrogen-bond donors (Lipinski definition) is 0. The smallest absolute Gasteiger partial charge is 0.385 e. The van der Waals surface area contributed by atoms with Crippen LogP contribution in [0.15, 0.2) is 11.4 Å². The van der Waals surface area contributed by atoms with Crippen molar-refractivity contribution in [2.45, 2.75) is 26.4 Å². The van der Waals surface area contributed by atoms with E-state index in [1.54, 1.807) is 32.2 Å². The van der Waals surface area contributed by atoms with Crippen molar-refractivity contribution in [2.75, 3.05) is 0 Å². The summed E-state index contributed by atoms with van der Waals surface area (Å²) in [7, 11) is 0. The van der Waals surface area contributed by atoms with E-state index in [0.717, 1.165) is 0 Å². The van der Waals surface area contributed by atoms with Gasteiger partial charge in [-0.2, -0.15) is 4.37 Å². The van der Waals surface area contributed by atoms with Crippen molar-refractivity contribution < 1.29 is 9.53 Å². The predicted octanol–water partition coefficient (Wildman–Crippen LogP) is 1.84. The molecule has 0 saturated carbocycles. The average molecular weight is 209 g/mol. The Balaban J connectivity index is 2.57. The van der Waals surface area contributed by atoms with Crippen LogP contribution in [0.2, 0.25) is 0 Å². The number of nitrogens with zero attached hydrogens (tertiary/aromatic N) is 1. The summed E-state index contributed by atoms with van der Waals surface area (Å²) in [5.41, 5.74) is 0.106. The van der Waals surface area contributed by atoms with Crippen molar-refractivity contribution in [3.05, 3.63) is 17.1 Å². The molecule has 1 aromatic rings. The highest BCUT2D eigenvalue weighted by molar-refractivity contribution is 7.03. The number of esters is 1. The second-order valence-electron chi connectivity index (χ2n) is 3.64. The lowest BCUT2D eigenvalue weighted by molar-refractivity contribution is -0.147. The van der Waals surface area contributed by atoms with E-state index in [1.165, 1.54) is 11.5 Å². The molecule has 0 aromatic carbocycles. The van der Waals surface area contributed by atoms with Gasteiger partial charge in [-0.3, -0.25) is 0 Å². The molecule has 1 aromatic heterocycles. The molecule has 4 heteroatoms. The number of carbonyl (C=O) groups is 1. The van der Waals surface area contributed by atoms with Gasteiger partial charge in [-0.05, 0) is 44.3 Å². The highest BCUT2D eigenvalue weighted by Gasteiger charge is 2.14. The summed E-state index contributed by atoms with van der Waals surface area (Å²) in [6, 6.07) is 1.75. The van der Waals surface area contributed by atoms with Gasteiger partial charge in [-0.25, -0.2) is 4.79 Å². The van der Waals surface area contributed by atoms with Gasteiger partial charge in [0.05, 0.1) is 0 Å². The SMILES string of the molecule is CC(C)(C)OC(=O)C#Cc1ccsn1. The Bertz CT molecular complexity index is 365. The third-order valence-electron chi connectivity index (χ3n) is 1.13. The molecule has 0 aliphatic rings. The maximum absolute atomic E-state index is 11.1. The first-order chi connectivity index (χ1) is 6.47. The summed E-state index contributed by atoms with van der Waals surface area (Å²) in [4.78, 5) is 11.1. The Labute approximate surface area is 87.3 Å². The fraction of sp³-hybridized carbons (Fsp3) is 0.400. The molecule has 0 spiro atoms. The lowest BCUT2D eigenvalue weighted by Crippen LogP contribution is -2.22. The van der Waals surface area contributed by atoms with Gasteiger partial charge >= 0.3 is 5.97 Å². The molecule has 0 unspecified atom stereocenters. The minimum atomic E-state index is -0.523. The van der Waals surface area contributed by atoms with E-state index in [-0.39, 0.29) is 0 Å². The monoisotopic (exact) mass is 209 g/mol. The van der Waals surface area contributed by atoms with Crippen LogP contribution in [-0.4, -0.2) is 15.9 Å². The molecular weight excluding hydrogens is 198 g/mol. The maximum Gasteiger partial charge on any atom is 0.385 e. The fourth-order valence-corrected chi connectivity index (χ4v) is 1.17. The van der Waals surface area contributed by atoms with Gasteiger partial charge in [0.25, 0.3) is 0 Å². The molecule has 0 aliphatic heterocycles. The standard InChI is InChI=1S/C10H11NO2S/c1-10(2,3)13-9(12)5-4-8-6-7-14-11-8/h6-7H,1-3H3. The molecule has 0 atom stereocenters. The second kappa shape index (κ2) is 4.25. The Morgan fingerprint density at radius 3 is 2.79 bits per heavy atom. The zero-order valence-corrected chi connectivity index (χ0v) is 9.14. The van der Waals surface area contributed by atoms with Crippen LogP contribution in [0.5, 0.6) is 0 Å². The average Bonchev–Trinajstić information content (AvgIpc) is 2.49. The largest absolute Gasteiger partial charge is 0.450 e. The highest BCUT2D eigenvalue weighted by atomic mass is 32.1.